The van der Waals surface area contributed by atoms with Crippen molar-refractivity contribution in [3.8, 4) is 11.5 Å². The zero-order chi connectivity index (χ0) is 20.6. The van der Waals surface area contributed by atoms with Crippen LogP contribution in [-0.4, -0.2) is 13.0 Å². The Morgan fingerprint density at radius 1 is 1.10 bits per heavy atom. The van der Waals surface area contributed by atoms with Gasteiger partial charge in [0.25, 0.3) is 0 Å². The number of methoxy groups -OCH3 is 1. The molecule has 6 heteroatoms. The first-order chi connectivity index (χ1) is 14.1. The van der Waals surface area contributed by atoms with Crippen LogP contribution in [-0.2, 0) is 11.4 Å². The molecule has 0 aliphatic rings. The maximum absolute atomic E-state index is 13.8. The molecule has 0 atom stereocenters. The number of ether oxygens (including phenoxy) is 2. The number of hydrogen-bond donors (Lipinski definition) is 1. The fraction of sp³-hybridized carbons (Fsp3) is 0.0870. The Bertz CT molecular complexity index is 1020. The number of rotatable bonds is 7. The number of anilines is 1. The standard InChI is InChI=1S/C23H19BrFNO3/c1-28-21-14-16(11-12-22(27)26-18-8-3-2-4-9-18)13-19(24)23(21)29-15-17-7-5-6-10-20(17)25/h2-14H,15H2,1H3,(H,26,27)/b12-11+. The predicted molar refractivity (Wildman–Crippen MR) is 116 cm³/mol. The summed E-state index contributed by atoms with van der Waals surface area (Å²) in [5.41, 5.74) is 1.91. The second kappa shape index (κ2) is 9.89. The van der Waals surface area contributed by atoms with E-state index in [1.165, 1.54) is 19.3 Å². The molecule has 29 heavy (non-hydrogen) atoms. The molecule has 148 valence electrons. The van der Waals surface area contributed by atoms with E-state index in [4.69, 9.17) is 9.47 Å². The minimum absolute atomic E-state index is 0.0658. The van der Waals surface area contributed by atoms with Crippen molar-refractivity contribution in [3.05, 3.63) is 94.2 Å². The monoisotopic (exact) mass is 455 g/mol. The SMILES string of the molecule is COc1cc(/C=C/C(=O)Nc2ccccc2)cc(Br)c1OCc1ccccc1F. The van der Waals surface area contributed by atoms with Crippen molar-refractivity contribution in [1.82, 2.24) is 0 Å². The zero-order valence-corrected chi connectivity index (χ0v) is 17.3. The molecule has 0 saturated heterocycles. The molecule has 0 aliphatic heterocycles. The zero-order valence-electron chi connectivity index (χ0n) is 15.7. The summed E-state index contributed by atoms with van der Waals surface area (Å²) in [4.78, 5) is 12.1. The van der Waals surface area contributed by atoms with E-state index >= 15 is 0 Å². The first kappa shape index (κ1) is 20.6. The summed E-state index contributed by atoms with van der Waals surface area (Å²) in [6.45, 7) is 0.0658. The highest BCUT2D eigenvalue weighted by Gasteiger charge is 2.12. The van der Waals surface area contributed by atoms with E-state index in [1.807, 2.05) is 30.3 Å². The summed E-state index contributed by atoms with van der Waals surface area (Å²) in [7, 11) is 1.52. The molecule has 3 aromatic rings. The fourth-order valence-electron chi connectivity index (χ4n) is 2.62. The average Bonchev–Trinajstić information content (AvgIpc) is 2.73. The Labute approximate surface area is 177 Å². The molecule has 0 fully saturated rings. The third-order valence-electron chi connectivity index (χ3n) is 4.05. The molecule has 0 unspecified atom stereocenters. The summed E-state index contributed by atoms with van der Waals surface area (Å²) < 4.78 is 25.6. The van der Waals surface area contributed by atoms with Gasteiger partial charge in [-0.2, -0.15) is 0 Å². The number of para-hydroxylation sites is 1. The van der Waals surface area contributed by atoms with Gasteiger partial charge in [-0.3, -0.25) is 4.79 Å². The van der Waals surface area contributed by atoms with E-state index in [2.05, 4.69) is 21.2 Å². The van der Waals surface area contributed by atoms with E-state index in [0.717, 1.165) is 11.3 Å². The molecule has 3 aromatic carbocycles. The summed E-state index contributed by atoms with van der Waals surface area (Å²) in [6, 6.07) is 19.2. The molecule has 0 radical (unpaired) electrons. The molecule has 1 amide bonds. The largest absolute Gasteiger partial charge is 0.493 e. The van der Waals surface area contributed by atoms with E-state index in [9.17, 15) is 9.18 Å². The lowest BCUT2D eigenvalue weighted by Gasteiger charge is -2.14. The number of halogens is 2. The first-order valence-corrected chi connectivity index (χ1v) is 9.64. The van der Waals surface area contributed by atoms with Crippen LogP contribution in [0.3, 0.4) is 0 Å². The number of nitrogens with one attached hydrogen (secondary N) is 1. The Morgan fingerprint density at radius 3 is 2.55 bits per heavy atom. The van der Waals surface area contributed by atoms with E-state index in [0.29, 0.717) is 21.5 Å². The van der Waals surface area contributed by atoms with E-state index < -0.39 is 0 Å². The Hall–Kier alpha value is -3.12. The number of carbonyl (C=O) groups is 1. The molecule has 1 N–H and O–H groups in total. The smallest absolute Gasteiger partial charge is 0.248 e. The van der Waals surface area contributed by atoms with Crippen LogP contribution in [0.5, 0.6) is 11.5 Å². The van der Waals surface area contributed by atoms with Gasteiger partial charge in [-0.15, -0.1) is 0 Å². The molecular formula is C23H19BrFNO3. The van der Waals surface area contributed by atoms with Gasteiger partial charge in [0, 0.05) is 17.3 Å². The molecule has 0 spiro atoms. The normalized spacial score (nSPS) is 10.7. The summed E-state index contributed by atoms with van der Waals surface area (Å²) >= 11 is 3.46. The van der Waals surface area contributed by atoms with Gasteiger partial charge in [0.15, 0.2) is 11.5 Å². The van der Waals surface area contributed by atoms with Crippen molar-refractivity contribution in [2.75, 3.05) is 12.4 Å². The second-order valence-corrected chi connectivity index (χ2v) is 6.96. The lowest BCUT2D eigenvalue weighted by molar-refractivity contribution is -0.111. The van der Waals surface area contributed by atoms with Crippen molar-refractivity contribution in [2.45, 2.75) is 6.61 Å². The number of benzene rings is 3. The second-order valence-electron chi connectivity index (χ2n) is 6.10. The Balaban J connectivity index is 1.72. The van der Waals surface area contributed by atoms with Gasteiger partial charge in [0.2, 0.25) is 5.91 Å². The average molecular weight is 456 g/mol. The lowest BCUT2D eigenvalue weighted by atomic mass is 10.1. The van der Waals surface area contributed by atoms with Gasteiger partial charge < -0.3 is 14.8 Å². The van der Waals surface area contributed by atoms with Crippen LogP contribution in [0.2, 0.25) is 0 Å². The van der Waals surface area contributed by atoms with Crippen LogP contribution in [0.1, 0.15) is 11.1 Å². The van der Waals surface area contributed by atoms with Crippen molar-refractivity contribution in [1.29, 1.82) is 0 Å². The van der Waals surface area contributed by atoms with Gasteiger partial charge >= 0.3 is 0 Å². The third-order valence-corrected chi connectivity index (χ3v) is 4.64. The van der Waals surface area contributed by atoms with E-state index in [-0.39, 0.29) is 18.3 Å². The van der Waals surface area contributed by atoms with Crippen molar-refractivity contribution >= 4 is 33.6 Å². The third kappa shape index (κ3) is 5.68. The number of carbonyl (C=O) groups excluding carboxylic acids is 1. The van der Waals surface area contributed by atoms with Gasteiger partial charge in [0.1, 0.15) is 12.4 Å². The van der Waals surface area contributed by atoms with E-state index in [1.54, 1.807) is 36.4 Å². The highest BCUT2D eigenvalue weighted by molar-refractivity contribution is 9.10. The van der Waals surface area contributed by atoms with Crippen LogP contribution in [0.4, 0.5) is 10.1 Å². The Morgan fingerprint density at radius 2 is 1.83 bits per heavy atom. The van der Waals surface area contributed by atoms with Crippen LogP contribution in [0.15, 0.2) is 77.3 Å². The van der Waals surface area contributed by atoms with Crippen molar-refractivity contribution in [3.63, 3.8) is 0 Å². The fourth-order valence-corrected chi connectivity index (χ4v) is 3.19. The molecule has 0 aliphatic carbocycles. The molecule has 0 saturated carbocycles. The van der Waals surface area contributed by atoms with Crippen molar-refractivity contribution < 1.29 is 18.7 Å². The highest BCUT2D eigenvalue weighted by atomic mass is 79.9. The minimum Gasteiger partial charge on any atom is -0.493 e. The predicted octanol–water partition coefficient (Wildman–Crippen LogP) is 5.83. The molecule has 3 rings (SSSR count). The molecule has 4 nitrogen and oxygen atoms in total. The first-order valence-electron chi connectivity index (χ1n) is 8.84. The maximum atomic E-state index is 13.8. The molecular weight excluding hydrogens is 437 g/mol. The lowest BCUT2D eigenvalue weighted by Crippen LogP contribution is -2.07. The molecule has 0 heterocycles. The van der Waals surface area contributed by atoms with Crippen molar-refractivity contribution in [2.24, 2.45) is 0 Å². The van der Waals surface area contributed by atoms with Gasteiger partial charge in [-0.05, 0) is 57.9 Å². The van der Waals surface area contributed by atoms with Crippen LogP contribution in [0, 0.1) is 5.82 Å². The quantitative estimate of drug-likeness (QED) is 0.456. The summed E-state index contributed by atoms with van der Waals surface area (Å²) in [6.07, 6.45) is 3.11. The van der Waals surface area contributed by atoms with Gasteiger partial charge in [-0.25, -0.2) is 4.39 Å². The van der Waals surface area contributed by atoms with Crippen LogP contribution >= 0.6 is 15.9 Å². The highest BCUT2D eigenvalue weighted by Crippen LogP contribution is 2.37. The molecule has 0 aromatic heterocycles. The van der Waals surface area contributed by atoms with Crippen LogP contribution in [0.25, 0.3) is 6.08 Å². The summed E-state index contributed by atoms with van der Waals surface area (Å²) in [5, 5.41) is 2.78. The number of amides is 1. The number of hydrogen-bond acceptors (Lipinski definition) is 3. The van der Waals surface area contributed by atoms with Gasteiger partial charge in [-0.1, -0.05) is 36.4 Å². The minimum atomic E-state index is -0.327. The summed E-state index contributed by atoms with van der Waals surface area (Å²) in [5.74, 6) is 0.359. The van der Waals surface area contributed by atoms with Gasteiger partial charge in [0.05, 0.1) is 11.6 Å². The van der Waals surface area contributed by atoms with Crippen LogP contribution < -0.4 is 14.8 Å². The maximum Gasteiger partial charge on any atom is 0.248 e. The Kier molecular flexibility index (Phi) is 7.03. The topological polar surface area (TPSA) is 47.6 Å². The molecule has 0 bridgehead atoms.